The summed E-state index contributed by atoms with van der Waals surface area (Å²) in [7, 11) is 1.43. The summed E-state index contributed by atoms with van der Waals surface area (Å²) >= 11 is 2.59. The Labute approximate surface area is 292 Å². The van der Waals surface area contributed by atoms with Gasteiger partial charge in [0.1, 0.15) is 28.3 Å². The Balaban J connectivity index is 1.30. The van der Waals surface area contributed by atoms with Crippen molar-refractivity contribution in [3.63, 3.8) is 0 Å². The number of methoxy groups -OCH3 is 1. The van der Waals surface area contributed by atoms with E-state index in [4.69, 9.17) is 4.74 Å². The fourth-order valence-electron chi connectivity index (χ4n) is 4.74. The molecule has 1 atom stereocenters. The third kappa shape index (κ3) is 8.75. The quantitative estimate of drug-likeness (QED) is 0.0819. The summed E-state index contributed by atoms with van der Waals surface area (Å²) in [6.45, 7) is 3.76. The molecule has 0 radical (unpaired) electrons. The van der Waals surface area contributed by atoms with Gasteiger partial charge in [-0.25, -0.2) is 0 Å². The van der Waals surface area contributed by atoms with E-state index >= 15 is 0 Å². The summed E-state index contributed by atoms with van der Waals surface area (Å²) in [5, 5.41) is 30.0. The molecule has 49 heavy (non-hydrogen) atoms. The average Bonchev–Trinajstić information content (AvgIpc) is 3.51. The van der Waals surface area contributed by atoms with Crippen LogP contribution in [0, 0.1) is 18.3 Å². The first-order valence-corrected chi connectivity index (χ1v) is 16.8. The molecule has 1 unspecified atom stereocenters. The molecule has 1 aromatic heterocycles. The van der Waals surface area contributed by atoms with Crippen molar-refractivity contribution in [2.24, 2.45) is 0 Å². The van der Waals surface area contributed by atoms with Crippen molar-refractivity contribution in [3.05, 3.63) is 130 Å². The van der Waals surface area contributed by atoms with Crippen LogP contribution in [0.5, 0.6) is 11.5 Å². The second-order valence-electron chi connectivity index (χ2n) is 10.9. The van der Waals surface area contributed by atoms with E-state index in [0.29, 0.717) is 38.0 Å². The van der Waals surface area contributed by atoms with Crippen LogP contribution in [0.25, 0.3) is 17.2 Å². The number of nitrogens with one attached hydrogen (secondary N) is 3. The van der Waals surface area contributed by atoms with Crippen LogP contribution in [-0.2, 0) is 9.59 Å². The second-order valence-corrected chi connectivity index (χ2v) is 13.2. The maximum atomic E-state index is 13.6. The lowest BCUT2D eigenvalue weighted by atomic mass is 10.0. The van der Waals surface area contributed by atoms with Gasteiger partial charge in [-0.05, 0) is 68.0 Å². The summed E-state index contributed by atoms with van der Waals surface area (Å²) < 4.78 is 5.36. The molecule has 0 aliphatic heterocycles. The first-order valence-electron chi connectivity index (χ1n) is 15.1. The monoisotopic (exact) mass is 688 g/mol. The normalized spacial score (nSPS) is 11.6. The molecule has 0 bridgehead atoms. The summed E-state index contributed by atoms with van der Waals surface area (Å²) in [6.07, 6.45) is 1.46. The smallest absolute Gasteiger partial charge is 0.272 e. The zero-order chi connectivity index (χ0) is 34.9. The lowest BCUT2D eigenvalue weighted by molar-refractivity contribution is -0.115. The van der Waals surface area contributed by atoms with Gasteiger partial charge in [0.05, 0.1) is 17.9 Å². The van der Waals surface area contributed by atoms with E-state index in [0.717, 1.165) is 16.7 Å². The van der Waals surface area contributed by atoms with Crippen LogP contribution in [-0.4, -0.2) is 35.2 Å². The Morgan fingerprint density at radius 3 is 2.43 bits per heavy atom. The van der Waals surface area contributed by atoms with Gasteiger partial charge in [-0.2, -0.15) is 5.26 Å². The number of amides is 3. The maximum absolute atomic E-state index is 13.6. The fraction of sp³-hybridized carbons (Fsp3) is 0.105. The van der Waals surface area contributed by atoms with Crippen molar-refractivity contribution in [1.82, 2.24) is 5.32 Å². The number of carbonyl (C=O) groups excluding carboxylic acids is 3. The molecule has 5 aromatic rings. The van der Waals surface area contributed by atoms with Crippen molar-refractivity contribution in [2.75, 3.05) is 17.7 Å². The molecular weight excluding hydrogens is 657 g/mol. The Morgan fingerprint density at radius 2 is 1.71 bits per heavy atom. The number of aryl methyl sites for hydroxylation is 1. The molecule has 9 nitrogen and oxygen atoms in total. The van der Waals surface area contributed by atoms with Crippen LogP contribution in [0.3, 0.4) is 0 Å². The number of benzene rings is 4. The highest BCUT2D eigenvalue weighted by Gasteiger charge is 2.21. The summed E-state index contributed by atoms with van der Waals surface area (Å²) in [4.78, 5) is 40.6. The van der Waals surface area contributed by atoms with Crippen molar-refractivity contribution in [3.8, 4) is 28.7 Å². The van der Waals surface area contributed by atoms with E-state index < -0.39 is 17.1 Å². The first-order chi connectivity index (χ1) is 23.6. The van der Waals surface area contributed by atoms with Gasteiger partial charge in [-0.1, -0.05) is 54.1 Å². The van der Waals surface area contributed by atoms with Gasteiger partial charge in [-0.3, -0.25) is 14.4 Å². The van der Waals surface area contributed by atoms with E-state index in [9.17, 15) is 24.8 Å². The van der Waals surface area contributed by atoms with Gasteiger partial charge in [-0.15, -0.1) is 23.1 Å². The Kier molecular flexibility index (Phi) is 11.2. The van der Waals surface area contributed by atoms with E-state index in [-0.39, 0.29) is 17.4 Å². The number of thioether (sulfide) groups is 1. The maximum Gasteiger partial charge on any atom is 0.272 e. The highest BCUT2D eigenvalue weighted by atomic mass is 32.2. The highest BCUT2D eigenvalue weighted by molar-refractivity contribution is 8.00. The number of rotatable bonds is 11. The Hall–Kier alpha value is -5.83. The molecule has 11 heteroatoms. The lowest BCUT2D eigenvalue weighted by Gasteiger charge is -2.14. The van der Waals surface area contributed by atoms with Crippen molar-refractivity contribution in [1.29, 1.82) is 5.26 Å². The van der Waals surface area contributed by atoms with Crippen molar-refractivity contribution < 1.29 is 24.2 Å². The molecule has 1 heterocycles. The predicted molar refractivity (Wildman–Crippen MR) is 195 cm³/mol. The molecule has 5 rings (SSSR count). The van der Waals surface area contributed by atoms with Gasteiger partial charge >= 0.3 is 0 Å². The van der Waals surface area contributed by atoms with Crippen LogP contribution in [0.4, 0.5) is 10.7 Å². The predicted octanol–water partition coefficient (Wildman–Crippen LogP) is 7.84. The molecule has 0 saturated carbocycles. The molecule has 0 aliphatic carbocycles. The molecule has 3 amide bonds. The number of phenols is 1. The number of carbonyl (C=O) groups is 3. The fourth-order valence-corrected chi connectivity index (χ4v) is 6.59. The summed E-state index contributed by atoms with van der Waals surface area (Å²) in [5.74, 6) is -1.07. The molecule has 0 saturated heterocycles. The van der Waals surface area contributed by atoms with E-state index in [1.807, 2.05) is 42.6 Å². The van der Waals surface area contributed by atoms with Crippen molar-refractivity contribution in [2.45, 2.75) is 24.0 Å². The third-order valence-corrected chi connectivity index (χ3v) is 9.31. The largest absolute Gasteiger partial charge is 0.508 e. The van der Waals surface area contributed by atoms with Gasteiger partial charge in [0, 0.05) is 38.7 Å². The topological polar surface area (TPSA) is 141 Å². The van der Waals surface area contributed by atoms with Crippen LogP contribution in [0.15, 0.2) is 113 Å². The lowest BCUT2D eigenvalue weighted by Crippen LogP contribution is -2.30. The van der Waals surface area contributed by atoms with Gasteiger partial charge < -0.3 is 25.8 Å². The van der Waals surface area contributed by atoms with Crippen molar-refractivity contribution >= 4 is 57.6 Å². The Morgan fingerprint density at radius 1 is 0.959 bits per heavy atom. The third-order valence-electron chi connectivity index (χ3n) is 7.32. The number of nitriles is 1. The minimum atomic E-state index is -0.599. The van der Waals surface area contributed by atoms with E-state index in [1.54, 1.807) is 61.5 Å². The number of hydrogen-bond acceptors (Lipinski definition) is 8. The molecule has 0 spiro atoms. The minimum absolute atomic E-state index is 0.0153. The number of anilines is 2. The van der Waals surface area contributed by atoms with Crippen LogP contribution < -0.4 is 20.7 Å². The average molecular weight is 689 g/mol. The Bertz CT molecular complexity index is 2070. The standard InChI is InChI=1S/C38H32N4O5S2/c1-23-12-14-25(15-13-23)32-22-48-38(31(32)21-39)42-35(44)24(2)49-30-11-7-10-28(19-30)40-37(46)33(41-36(45)26-8-5-4-6-9-26)18-27-16-17-29(43)20-34(27)47-3/h4-20,22,24,43H,1-3H3,(H,40,46)(H,41,45)(H,42,44)/b33-18+. The summed E-state index contributed by atoms with van der Waals surface area (Å²) in [6, 6.07) is 30.0. The number of thiophene rings is 1. The van der Waals surface area contributed by atoms with Gasteiger partial charge in [0.15, 0.2) is 0 Å². The van der Waals surface area contributed by atoms with Crippen LogP contribution in [0.2, 0.25) is 0 Å². The van der Waals surface area contributed by atoms with E-state index in [1.165, 1.54) is 48.4 Å². The van der Waals surface area contributed by atoms with Gasteiger partial charge in [0.25, 0.3) is 11.8 Å². The first kappa shape index (κ1) is 34.5. The molecule has 246 valence electrons. The molecule has 4 aromatic carbocycles. The molecule has 0 aliphatic rings. The number of phenolic OH excluding ortho intramolecular Hbond substituents is 1. The van der Waals surface area contributed by atoms with Crippen LogP contribution in [0.1, 0.15) is 34.0 Å². The number of nitrogens with zero attached hydrogens (tertiary/aromatic N) is 1. The molecule has 4 N–H and O–H groups in total. The number of aromatic hydroxyl groups is 1. The minimum Gasteiger partial charge on any atom is -0.508 e. The van der Waals surface area contributed by atoms with E-state index in [2.05, 4.69) is 22.0 Å². The number of ether oxygens (including phenoxy) is 1. The second kappa shape index (κ2) is 15.8. The number of hydrogen-bond donors (Lipinski definition) is 4. The summed E-state index contributed by atoms with van der Waals surface area (Å²) in [5.41, 5.74) is 4.40. The van der Waals surface area contributed by atoms with Gasteiger partial charge in [0.2, 0.25) is 5.91 Å². The zero-order valence-electron chi connectivity index (χ0n) is 26.8. The zero-order valence-corrected chi connectivity index (χ0v) is 28.4. The molecular formula is C38H32N4O5S2. The highest BCUT2D eigenvalue weighted by Crippen LogP contribution is 2.36. The molecule has 0 fully saturated rings. The van der Waals surface area contributed by atoms with Crippen LogP contribution >= 0.6 is 23.1 Å². The SMILES string of the molecule is COc1cc(O)ccc1/C=C(/NC(=O)c1ccccc1)C(=O)Nc1cccc(SC(C)C(=O)Nc2scc(-c3ccc(C)cc3)c2C#N)c1.